The van der Waals surface area contributed by atoms with Gasteiger partial charge in [-0.05, 0) is 30.2 Å². The summed E-state index contributed by atoms with van der Waals surface area (Å²) in [6.45, 7) is 7.81. The normalized spacial score (nSPS) is 20.4. The molecular formula is C12H20N2. The predicted octanol–water partition coefficient (Wildman–Crippen LogP) is 2.66. The Morgan fingerprint density at radius 2 is 2.29 bits per heavy atom. The predicted molar refractivity (Wildman–Crippen MR) is 58.3 cm³/mol. The molecule has 1 aliphatic carbocycles. The lowest BCUT2D eigenvalue weighted by atomic mass is 10.0. The van der Waals surface area contributed by atoms with E-state index in [9.17, 15) is 0 Å². The fraction of sp³-hybridized carbons (Fsp3) is 0.750. The summed E-state index contributed by atoms with van der Waals surface area (Å²) in [7, 11) is 0. The second-order valence-electron chi connectivity index (χ2n) is 4.90. The summed E-state index contributed by atoms with van der Waals surface area (Å²) in [6, 6.07) is 0. The molecule has 1 aromatic heterocycles. The van der Waals surface area contributed by atoms with Crippen molar-refractivity contribution >= 4 is 0 Å². The molecule has 0 aromatic carbocycles. The second-order valence-corrected chi connectivity index (χ2v) is 4.90. The summed E-state index contributed by atoms with van der Waals surface area (Å²) < 4.78 is 2.13. The van der Waals surface area contributed by atoms with Crippen molar-refractivity contribution in [2.24, 2.45) is 11.8 Å². The summed E-state index contributed by atoms with van der Waals surface area (Å²) in [6.07, 6.45) is 6.01. The Labute approximate surface area is 86.3 Å². The zero-order chi connectivity index (χ0) is 10.1. The third-order valence-electron chi connectivity index (χ3n) is 3.04. The maximum atomic E-state index is 4.65. The maximum Gasteiger partial charge on any atom is 0.0659 e. The van der Waals surface area contributed by atoms with Gasteiger partial charge in [-0.3, -0.25) is 4.68 Å². The Morgan fingerprint density at radius 1 is 1.50 bits per heavy atom. The van der Waals surface area contributed by atoms with Gasteiger partial charge in [0.2, 0.25) is 0 Å². The summed E-state index contributed by atoms with van der Waals surface area (Å²) >= 11 is 0. The third-order valence-corrected chi connectivity index (χ3v) is 3.04. The molecule has 0 unspecified atom stereocenters. The molecule has 2 nitrogen and oxygen atoms in total. The van der Waals surface area contributed by atoms with E-state index in [1.54, 1.807) is 0 Å². The van der Waals surface area contributed by atoms with Crippen LogP contribution in [0.25, 0.3) is 0 Å². The zero-order valence-corrected chi connectivity index (χ0v) is 9.45. The number of fused-ring (bicyclic) bond motifs is 1. The molecule has 0 bridgehead atoms. The highest BCUT2D eigenvalue weighted by Crippen LogP contribution is 2.27. The van der Waals surface area contributed by atoms with E-state index in [1.165, 1.54) is 30.5 Å². The molecule has 1 heterocycles. The number of aromatic nitrogens is 2. The summed E-state index contributed by atoms with van der Waals surface area (Å²) in [4.78, 5) is 0. The Hall–Kier alpha value is -0.790. The Bertz CT molecular complexity index is 289. The molecule has 0 aliphatic heterocycles. The fourth-order valence-corrected chi connectivity index (χ4v) is 2.26. The smallest absolute Gasteiger partial charge is 0.0659 e. The SMILES string of the molecule is CC[C@H]1Cc2cn(CC(C)C)nc2C1. The van der Waals surface area contributed by atoms with Crippen molar-refractivity contribution in [1.29, 1.82) is 0 Å². The largest absolute Gasteiger partial charge is 0.272 e. The lowest BCUT2D eigenvalue weighted by Crippen LogP contribution is -2.07. The number of rotatable bonds is 3. The van der Waals surface area contributed by atoms with Crippen molar-refractivity contribution in [3.63, 3.8) is 0 Å². The minimum Gasteiger partial charge on any atom is -0.272 e. The standard InChI is InChI=1S/C12H20N2/c1-4-10-5-11-8-14(7-9(2)3)13-12(11)6-10/h8-10H,4-7H2,1-3H3/t10-/m0/s1. The van der Waals surface area contributed by atoms with Crippen molar-refractivity contribution < 1.29 is 0 Å². The first kappa shape index (κ1) is 9.75. The summed E-state index contributed by atoms with van der Waals surface area (Å²) in [5.41, 5.74) is 2.86. The average Bonchev–Trinajstić information content (AvgIpc) is 2.59. The highest BCUT2D eigenvalue weighted by atomic mass is 15.3. The first-order valence-corrected chi connectivity index (χ1v) is 5.74. The molecule has 1 aliphatic rings. The van der Waals surface area contributed by atoms with Gasteiger partial charge in [-0.1, -0.05) is 27.2 Å². The van der Waals surface area contributed by atoms with Gasteiger partial charge >= 0.3 is 0 Å². The number of hydrogen-bond acceptors (Lipinski definition) is 1. The summed E-state index contributed by atoms with van der Waals surface area (Å²) in [5, 5.41) is 4.65. The molecular weight excluding hydrogens is 172 g/mol. The minimum atomic E-state index is 0.692. The molecule has 0 saturated heterocycles. The van der Waals surface area contributed by atoms with E-state index in [4.69, 9.17) is 0 Å². The topological polar surface area (TPSA) is 17.8 Å². The highest BCUT2D eigenvalue weighted by Gasteiger charge is 2.23. The molecule has 0 spiro atoms. The van der Waals surface area contributed by atoms with Crippen molar-refractivity contribution in [3.8, 4) is 0 Å². The van der Waals surface area contributed by atoms with Crippen LogP contribution in [0.2, 0.25) is 0 Å². The van der Waals surface area contributed by atoms with Crippen molar-refractivity contribution in [3.05, 3.63) is 17.5 Å². The number of nitrogens with zero attached hydrogens (tertiary/aromatic N) is 2. The molecule has 1 atom stereocenters. The molecule has 2 rings (SSSR count). The minimum absolute atomic E-state index is 0.692. The number of hydrogen-bond donors (Lipinski definition) is 0. The first-order valence-electron chi connectivity index (χ1n) is 5.74. The second kappa shape index (κ2) is 3.76. The Morgan fingerprint density at radius 3 is 2.86 bits per heavy atom. The quantitative estimate of drug-likeness (QED) is 0.720. The van der Waals surface area contributed by atoms with Gasteiger partial charge in [-0.2, -0.15) is 5.10 Å². The Balaban J connectivity index is 2.07. The molecule has 1 aromatic rings. The molecule has 0 fully saturated rings. The van der Waals surface area contributed by atoms with E-state index in [-0.39, 0.29) is 0 Å². The monoisotopic (exact) mass is 192 g/mol. The van der Waals surface area contributed by atoms with E-state index in [2.05, 4.69) is 36.7 Å². The lowest BCUT2D eigenvalue weighted by molar-refractivity contribution is 0.466. The van der Waals surface area contributed by atoms with Crippen molar-refractivity contribution in [1.82, 2.24) is 9.78 Å². The van der Waals surface area contributed by atoms with Gasteiger partial charge in [0.15, 0.2) is 0 Å². The van der Waals surface area contributed by atoms with Crippen LogP contribution in [0.1, 0.15) is 38.4 Å². The molecule has 78 valence electrons. The molecule has 0 saturated carbocycles. The highest BCUT2D eigenvalue weighted by molar-refractivity contribution is 5.23. The van der Waals surface area contributed by atoms with Gasteiger partial charge in [0.05, 0.1) is 5.69 Å². The zero-order valence-electron chi connectivity index (χ0n) is 9.45. The van der Waals surface area contributed by atoms with Gasteiger partial charge in [0.25, 0.3) is 0 Å². The van der Waals surface area contributed by atoms with E-state index in [0.717, 1.165) is 12.5 Å². The van der Waals surface area contributed by atoms with E-state index < -0.39 is 0 Å². The molecule has 0 radical (unpaired) electrons. The fourth-order valence-electron chi connectivity index (χ4n) is 2.26. The van der Waals surface area contributed by atoms with Crippen LogP contribution in [0.3, 0.4) is 0 Å². The van der Waals surface area contributed by atoms with Crippen LogP contribution in [0.5, 0.6) is 0 Å². The average molecular weight is 192 g/mol. The van der Waals surface area contributed by atoms with Gasteiger partial charge in [0.1, 0.15) is 0 Å². The first-order chi connectivity index (χ1) is 6.69. The summed E-state index contributed by atoms with van der Waals surface area (Å²) in [5.74, 6) is 1.55. The van der Waals surface area contributed by atoms with Crippen molar-refractivity contribution in [2.75, 3.05) is 0 Å². The third kappa shape index (κ3) is 1.84. The van der Waals surface area contributed by atoms with Crippen molar-refractivity contribution in [2.45, 2.75) is 46.6 Å². The Kier molecular flexibility index (Phi) is 2.62. The van der Waals surface area contributed by atoms with Gasteiger partial charge in [0, 0.05) is 12.7 Å². The molecule has 0 amide bonds. The van der Waals surface area contributed by atoms with Crippen LogP contribution < -0.4 is 0 Å². The van der Waals surface area contributed by atoms with Crippen LogP contribution in [-0.4, -0.2) is 9.78 Å². The lowest BCUT2D eigenvalue weighted by Gasteiger charge is -2.06. The van der Waals surface area contributed by atoms with E-state index >= 15 is 0 Å². The van der Waals surface area contributed by atoms with Crippen LogP contribution in [0.4, 0.5) is 0 Å². The van der Waals surface area contributed by atoms with E-state index in [1.807, 2.05) is 0 Å². The molecule has 2 heteroatoms. The van der Waals surface area contributed by atoms with Crippen LogP contribution in [0.15, 0.2) is 6.20 Å². The molecule has 14 heavy (non-hydrogen) atoms. The van der Waals surface area contributed by atoms with Gasteiger partial charge in [-0.15, -0.1) is 0 Å². The van der Waals surface area contributed by atoms with E-state index in [0.29, 0.717) is 5.92 Å². The van der Waals surface area contributed by atoms with Crippen LogP contribution in [0, 0.1) is 11.8 Å². The maximum absolute atomic E-state index is 4.65. The van der Waals surface area contributed by atoms with Crippen LogP contribution >= 0.6 is 0 Å². The van der Waals surface area contributed by atoms with Gasteiger partial charge in [-0.25, -0.2) is 0 Å². The van der Waals surface area contributed by atoms with Gasteiger partial charge < -0.3 is 0 Å². The van der Waals surface area contributed by atoms with Crippen LogP contribution in [-0.2, 0) is 19.4 Å². The molecule has 0 N–H and O–H groups in total.